The molecule has 0 aromatic heterocycles. The van der Waals surface area contributed by atoms with Gasteiger partial charge >= 0.3 is 0 Å². The van der Waals surface area contributed by atoms with Gasteiger partial charge in [0.25, 0.3) is 0 Å². The molecule has 0 radical (unpaired) electrons. The van der Waals surface area contributed by atoms with Crippen molar-refractivity contribution in [1.29, 1.82) is 0 Å². The fraction of sp³-hybridized carbons (Fsp3) is 0.600. The number of dihydropyridines is 1. The molecule has 0 aromatic carbocycles. The predicted octanol–water partition coefficient (Wildman–Crippen LogP) is 2.46. The van der Waals surface area contributed by atoms with Crippen LogP contribution in [0.1, 0.15) is 32.1 Å². The molecule has 3 nitrogen and oxygen atoms in total. The van der Waals surface area contributed by atoms with E-state index in [4.69, 9.17) is 4.99 Å². The monoisotopic (exact) mass is 241 g/mol. The van der Waals surface area contributed by atoms with Crippen molar-refractivity contribution in [1.82, 2.24) is 5.32 Å². The molecule has 3 unspecified atom stereocenters. The summed E-state index contributed by atoms with van der Waals surface area (Å²) in [7, 11) is 0. The number of nitrogens with zero attached hydrogens (tertiary/aromatic N) is 2. The fourth-order valence-corrected chi connectivity index (χ4v) is 3.75. The molecule has 0 aromatic rings. The number of rotatable bonds is 0. The van der Waals surface area contributed by atoms with Crippen molar-refractivity contribution >= 4 is 12.1 Å². The standard InChI is InChI=1S/C15H19N3/c1-2-6-12-11(4-1)9-17-13-8-10-5-3-7-16-15(10)18-14(12)13/h3,5,7,10-11,13,17H,1-2,4,6,8-9H2. The molecule has 1 fully saturated rings. The number of fused-ring (bicyclic) bond motifs is 3. The first-order valence-electron chi connectivity index (χ1n) is 7.17. The van der Waals surface area contributed by atoms with Crippen molar-refractivity contribution in [2.45, 2.75) is 38.1 Å². The number of allylic oxidation sites excluding steroid dienone is 1. The lowest BCUT2D eigenvalue weighted by atomic mass is 9.77. The van der Waals surface area contributed by atoms with Gasteiger partial charge < -0.3 is 5.32 Å². The summed E-state index contributed by atoms with van der Waals surface area (Å²) in [5.41, 5.74) is 2.98. The summed E-state index contributed by atoms with van der Waals surface area (Å²) < 4.78 is 0. The van der Waals surface area contributed by atoms with E-state index in [1.807, 2.05) is 12.3 Å². The molecule has 1 saturated carbocycles. The topological polar surface area (TPSA) is 36.8 Å². The summed E-state index contributed by atoms with van der Waals surface area (Å²) in [5.74, 6) is 2.20. The Morgan fingerprint density at radius 3 is 3.28 bits per heavy atom. The first-order valence-corrected chi connectivity index (χ1v) is 7.17. The molecule has 3 heteroatoms. The van der Waals surface area contributed by atoms with Crippen LogP contribution in [0.15, 0.2) is 33.4 Å². The zero-order valence-electron chi connectivity index (χ0n) is 10.6. The Kier molecular flexibility index (Phi) is 2.47. The summed E-state index contributed by atoms with van der Waals surface area (Å²) in [6.45, 7) is 1.16. The molecule has 0 amide bonds. The smallest absolute Gasteiger partial charge is 0.135 e. The minimum absolute atomic E-state index is 0.428. The maximum atomic E-state index is 4.89. The molecule has 18 heavy (non-hydrogen) atoms. The zero-order chi connectivity index (χ0) is 11.9. The van der Waals surface area contributed by atoms with Crippen LogP contribution in [0.5, 0.6) is 0 Å². The van der Waals surface area contributed by atoms with Gasteiger partial charge in [-0.2, -0.15) is 0 Å². The van der Waals surface area contributed by atoms with E-state index >= 15 is 0 Å². The Hall–Kier alpha value is -1.22. The van der Waals surface area contributed by atoms with Gasteiger partial charge in [-0.05, 0) is 43.3 Å². The highest BCUT2D eigenvalue weighted by Gasteiger charge is 2.36. The summed E-state index contributed by atoms with van der Waals surface area (Å²) in [4.78, 5) is 9.35. The summed E-state index contributed by atoms with van der Waals surface area (Å²) in [6, 6.07) is 0.473. The largest absolute Gasteiger partial charge is 0.308 e. The third-order valence-corrected chi connectivity index (χ3v) is 4.70. The van der Waals surface area contributed by atoms with Gasteiger partial charge in [-0.15, -0.1) is 0 Å². The highest BCUT2D eigenvalue weighted by molar-refractivity contribution is 5.99. The molecule has 4 rings (SSSR count). The second-order valence-corrected chi connectivity index (χ2v) is 5.79. The van der Waals surface area contributed by atoms with Crippen LogP contribution in [0, 0.1) is 11.8 Å². The second kappa shape index (κ2) is 4.16. The Labute approximate surface area is 108 Å². The number of hydrogen-bond donors (Lipinski definition) is 1. The molecule has 0 spiro atoms. The Balaban J connectivity index is 1.77. The predicted molar refractivity (Wildman–Crippen MR) is 73.9 cm³/mol. The van der Waals surface area contributed by atoms with Crippen molar-refractivity contribution in [2.24, 2.45) is 21.8 Å². The highest BCUT2D eigenvalue weighted by atomic mass is 15.0. The van der Waals surface area contributed by atoms with Crippen molar-refractivity contribution < 1.29 is 0 Å². The summed E-state index contributed by atoms with van der Waals surface area (Å²) in [5, 5.41) is 3.70. The second-order valence-electron chi connectivity index (χ2n) is 5.79. The van der Waals surface area contributed by atoms with E-state index in [2.05, 4.69) is 16.4 Å². The lowest BCUT2D eigenvalue weighted by Gasteiger charge is -2.39. The van der Waals surface area contributed by atoms with Crippen LogP contribution in [0.4, 0.5) is 0 Å². The quantitative estimate of drug-likeness (QED) is 0.695. The highest BCUT2D eigenvalue weighted by Crippen LogP contribution is 2.39. The van der Waals surface area contributed by atoms with Crippen molar-refractivity contribution in [3.05, 3.63) is 23.4 Å². The molecule has 0 bridgehead atoms. The Bertz CT molecular complexity index is 484. The molecule has 4 aliphatic rings. The Morgan fingerprint density at radius 2 is 2.28 bits per heavy atom. The molecule has 1 aliphatic carbocycles. The normalized spacial score (nSPS) is 37.8. The molecular weight excluding hydrogens is 222 g/mol. The van der Waals surface area contributed by atoms with Gasteiger partial charge in [0.05, 0.1) is 11.7 Å². The first-order chi connectivity index (χ1) is 8.92. The van der Waals surface area contributed by atoms with Crippen molar-refractivity contribution in [3.63, 3.8) is 0 Å². The molecular formula is C15H19N3. The summed E-state index contributed by atoms with van der Waals surface area (Å²) in [6.07, 6.45) is 12.6. The van der Waals surface area contributed by atoms with Crippen LogP contribution in [-0.4, -0.2) is 24.6 Å². The summed E-state index contributed by atoms with van der Waals surface area (Å²) >= 11 is 0. The van der Waals surface area contributed by atoms with Gasteiger partial charge in [0, 0.05) is 18.7 Å². The average Bonchev–Trinajstić information content (AvgIpc) is 2.45. The molecule has 0 saturated heterocycles. The van der Waals surface area contributed by atoms with E-state index in [9.17, 15) is 0 Å². The minimum Gasteiger partial charge on any atom is -0.308 e. The van der Waals surface area contributed by atoms with Crippen LogP contribution in [-0.2, 0) is 0 Å². The third-order valence-electron chi connectivity index (χ3n) is 4.70. The minimum atomic E-state index is 0.428. The molecule has 94 valence electrons. The number of nitrogens with one attached hydrogen (secondary N) is 1. The first kappa shape index (κ1) is 10.7. The van der Waals surface area contributed by atoms with Gasteiger partial charge in [0.15, 0.2) is 0 Å². The van der Waals surface area contributed by atoms with Crippen molar-refractivity contribution in [3.8, 4) is 0 Å². The van der Waals surface area contributed by atoms with E-state index in [0.29, 0.717) is 12.0 Å². The van der Waals surface area contributed by atoms with Gasteiger partial charge in [-0.1, -0.05) is 12.5 Å². The van der Waals surface area contributed by atoms with Gasteiger partial charge in [0.1, 0.15) is 5.84 Å². The van der Waals surface area contributed by atoms with Gasteiger partial charge in [-0.3, -0.25) is 0 Å². The molecule has 3 atom stereocenters. The average molecular weight is 241 g/mol. The third kappa shape index (κ3) is 1.61. The van der Waals surface area contributed by atoms with Gasteiger partial charge in [-0.25, -0.2) is 9.98 Å². The van der Waals surface area contributed by atoms with Crippen LogP contribution in [0.3, 0.4) is 0 Å². The van der Waals surface area contributed by atoms with E-state index in [-0.39, 0.29) is 0 Å². The molecule has 1 N–H and O–H groups in total. The van der Waals surface area contributed by atoms with Crippen LogP contribution >= 0.6 is 0 Å². The van der Waals surface area contributed by atoms with E-state index in [1.165, 1.54) is 31.4 Å². The van der Waals surface area contributed by atoms with Crippen LogP contribution in [0.2, 0.25) is 0 Å². The maximum absolute atomic E-state index is 4.89. The van der Waals surface area contributed by atoms with Crippen molar-refractivity contribution in [2.75, 3.05) is 6.54 Å². The molecule has 3 heterocycles. The van der Waals surface area contributed by atoms with E-state index in [0.717, 1.165) is 24.7 Å². The number of aliphatic imine (C=N–C) groups is 2. The maximum Gasteiger partial charge on any atom is 0.135 e. The van der Waals surface area contributed by atoms with E-state index < -0.39 is 0 Å². The van der Waals surface area contributed by atoms with E-state index in [1.54, 1.807) is 5.57 Å². The fourth-order valence-electron chi connectivity index (χ4n) is 3.75. The number of amidine groups is 1. The zero-order valence-corrected chi connectivity index (χ0v) is 10.6. The lowest BCUT2D eigenvalue weighted by Crippen LogP contribution is -2.45. The molecule has 3 aliphatic heterocycles. The number of hydrogen-bond acceptors (Lipinski definition) is 3. The SMILES string of the molecule is C1=CC2CC3NCC4CCCCC4=C3N=C2N=C1. The Morgan fingerprint density at radius 1 is 1.28 bits per heavy atom. The van der Waals surface area contributed by atoms with Gasteiger partial charge in [0.2, 0.25) is 0 Å². The van der Waals surface area contributed by atoms with Crippen LogP contribution in [0.25, 0.3) is 0 Å². The lowest BCUT2D eigenvalue weighted by molar-refractivity contribution is 0.353. The van der Waals surface area contributed by atoms with Crippen LogP contribution < -0.4 is 5.32 Å².